The van der Waals surface area contributed by atoms with E-state index in [1.54, 1.807) is 0 Å². The third-order valence-corrected chi connectivity index (χ3v) is 3.19. The Kier molecular flexibility index (Phi) is 9.79. The van der Waals surface area contributed by atoms with Crippen molar-refractivity contribution in [1.82, 2.24) is 4.90 Å². The molecule has 0 fully saturated rings. The number of nitrogens with zero attached hydrogens (tertiary/aromatic N) is 1. The van der Waals surface area contributed by atoms with Gasteiger partial charge in [0, 0.05) is 13.1 Å². The monoisotopic (exact) mass is 245 g/mol. The molecule has 2 atom stereocenters. The van der Waals surface area contributed by atoms with Crippen molar-refractivity contribution in [2.45, 2.75) is 72.8 Å². The molecule has 0 aliphatic heterocycles. The van der Waals surface area contributed by atoms with Gasteiger partial charge in [-0.2, -0.15) is 0 Å². The molecule has 0 amide bonds. The molecule has 0 spiro atoms. The molecule has 3 nitrogen and oxygen atoms in total. The van der Waals surface area contributed by atoms with Crippen LogP contribution < -0.4 is 0 Å². The second-order valence-corrected chi connectivity index (χ2v) is 5.15. The second kappa shape index (κ2) is 9.86. The lowest BCUT2D eigenvalue weighted by atomic mass is 10.1. The first-order valence-electron chi connectivity index (χ1n) is 7.10. The predicted molar refractivity (Wildman–Crippen MR) is 72.8 cm³/mol. The van der Waals surface area contributed by atoms with Gasteiger partial charge in [-0.25, -0.2) is 0 Å². The molecule has 0 aliphatic rings. The zero-order valence-electron chi connectivity index (χ0n) is 12.3. The summed E-state index contributed by atoms with van der Waals surface area (Å²) in [7, 11) is 0. The molecule has 0 heterocycles. The van der Waals surface area contributed by atoms with E-state index in [1.807, 2.05) is 11.8 Å². The molecule has 2 unspecified atom stereocenters. The van der Waals surface area contributed by atoms with Crippen molar-refractivity contribution < 1.29 is 9.84 Å². The first kappa shape index (κ1) is 16.9. The largest absolute Gasteiger partial charge is 0.356 e. The van der Waals surface area contributed by atoms with Gasteiger partial charge < -0.3 is 9.84 Å². The molecular formula is C14H31NO2. The van der Waals surface area contributed by atoms with E-state index in [1.165, 1.54) is 0 Å². The van der Waals surface area contributed by atoms with Crippen molar-refractivity contribution in [2.24, 2.45) is 5.92 Å². The molecule has 17 heavy (non-hydrogen) atoms. The van der Waals surface area contributed by atoms with Crippen LogP contribution in [-0.4, -0.2) is 35.6 Å². The minimum Gasteiger partial charge on any atom is -0.356 e. The summed E-state index contributed by atoms with van der Waals surface area (Å²) in [5, 5.41) is 10.1. The molecule has 0 radical (unpaired) electrons. The van der Waals surface area contributed by atoms with Crippen molar-refractivity contribution in [1.29, 1.82) is 0 Å². The Hall–Kier alpha value is -0.120. The van der Waals surface area contributed by atoms with Gasteiger partial charge in [-0.3, -0.25) is 4.90 Å². The molecule has 0 aromatic heterocycles. The van der Waals surface area contributed by atoms with Crippen molar-refractivity contribution in [3.8, 4) is 0 Å². The molecule has 1 N–H and O–H groups in total. The fourth-order valence-corrected chi connectivity index (χ4v) is 1.49. The standard InChI is InChI=1S/C14H31NO2/c1-6-8-10-15(11-9-7-2)14(16)17-13(5)12(3)4/h12-14,16H,6-11H2,1-5H3. The summed E-state index contributed by atoms with van der Waals surface area (Å²) in [5.74, 6) is 0.434. The Labute approximate surface area is 107 Å². The highest BCUT2D eigenvalue weighted by Crippen LogP contribution is 2.11. The highest BCUT2D eigenvalue weighted by Gasteiger charge is 2.19. The molecule has 0 aromatic carbocycles. The minimum absolute atomic E-state index is 0.0933. The number of aliphatic hydroxyl groups is 1. The molecule has 3 heteroatoms. The molecule has 0 saturated carbocycles. The maximum absolute atomic E-state index is 10.1. The predicted octanol–water partition coefficient (Wildman–Crippen LogP) is 3.23. The molecule has 0 aromatic rings. The number of unbranched alkanes of at least 4 members (excludes halogenated alkanes) is 2. The van der Waals surface area contributed by atoms with E-state index in [4.69, 9.17) is 4.74 Å². The molecule has 0 rings (SSSR count). The van der Waals surface area contributed by atoms with Gasteiger partial charge in [-0.05, 0) is 25.7 Å². The van der Waals surface area contributed by atoms with E-state index < -0.39 is 6.41 Å². The van der Waals surface area contributed by atoms with Crippen LogP contribution >= 0.6 is 0 Å². The van der Waals surface area contributed by atoms with E-state index in [2.05, 4.69) is 27.7 Å². The Balaban J connectivity index is 4.14. The Morgan fingerprint density at radius 3 is 1.82 bits per heavy atom. The van der Waals surface area contributed by atoms with E-state index in [9.17, 15) is 5.11 Å². The van der Waals surface area contributed by atoms with Crippen LogP contribution in [0.25, 0.3) is 0 Å². The van der Waals surface area contributed by atoms with Crippen molar-refractivity contribution in [2.75, 3.05) is 13.1 Å². The number of rotatable bonds is 10. The summed E-state index contributed by atoms with van der Waals surface area (Å²) in [4.78, 5) is 2.05. The normalized spacial score (nSPS) is 15.5. The lowest BCUT2D eigenvalue weighted by Crippen LogP contribution is -2.41. The minimum atomic E-state index is -0.745. The van der Waals surface area contributed by atoms with Gasteiger partial charge in [0.25, 0.3) is 0 Å². The Morgan fingerprint density at radius 2 is 1.47 bits per heavy atom. The summed E-state index contributed by atoms with van der Waals surface area (Å²) in [6.07, 6.45) is 3.87. The van der Waals surface area contributed by atoms with E-state index in [0.29, 0.717) is 5.92 Å². The van der Waals surface area contributed by atoms with Crippen molar-refractivity contribution in [3.63, 3.8) is 0 Å². The van der Waals surface area contributed by atoms with Gasteiger partial charge >= 0.3 is 0 Å². The summed E-state index contributed by atoms with van der Waals surface area (Å²) < 4.78 is 5.65. The lowest BCUT2D eigenvalue weighted by Gasteiger charge is -2.30. The Morgan fingerprint density at radius 1 is 1.00 bits per heavy atom. The summed E-state index contributed by atoms with van der Waals surface area (Å²) in [6, 6.07) is 0. The highest BCUT2D eigenvalue weighted by atomic mass is 16.6. The first-order chi connectivity index (χ1) is 8.02. The number of hydrogen-bond donors (Lipinski definition) is 1. The van der Waals surface area contributed by atoms with Crippen LogP contribution in [0.2, 0.25) is 0 Å². The molecule has 104 valence electrons. The SMILES string of the molecule is CCCCN(CCCC)C(O)OC(C)C(C)C. The average Bonchev–Trinajstić information content (AvgIpc) is 2.28. The van der Waals surface area contributed by atoms with Crippen LogP contribution in [0, 0.1) is 5.92 Å². The van der Waals surface area contributed by atoms with Crippen LogP contribution in [0.1, 0.15) is 60.3 Å². The van der Waals surface area contributed by atoms with Crippen LogP contribution in [0.15, 0.2) is 0 Å². The van der Waals surface area contributed by atoms with E-state index in [-0.39, 0.29) is 6.10 Å². The molecule has 0 aliphatic carbocycles. The third-order valence-electron chi connectivity index (χ3n) is 3.19. The van der Waals surface area contributed by atoms with Gasteiger partial charge in [0.1, 0.15) is 0 Å². The number of ether oxygens (including phenoxy) is 1. The van der Waals surface area contributed by atoms with Gasteiger partial charge in [-0.15, -0.1) is 0 Å². The maximum atomic E-state index is 10.1. The van der Waals surface area contributed by atoms with Crippen LogP contribution in [0.4, 0.5) is 0 Å². The van der Waals surface area contributed by atoms with Gasteiger partial charge in [0.15, 0.2) is 0 Å². The number of hydrogen-bond acceptors (Lipinski definition) is 3. The summed E-state index contributed by atoms with van der Waals surface area (Å²) >= 11 is 0. The summed E-state index contributed by atoms with van der Waals surface area (Å²) in [5.41, 5.74) is 0. The molecule has 0 bridgehead atoms. The smallest absolute Gasteiger partial charge is 0.216 e. The summed E-state index contributed by atoms with van der Waals surface area (Å²) in [6.45, 7) is 12.4. The zero-order chi connectivity index (χ0) is 13.3. The molecular weight excluding hydrogens is 214 g/mol. The van der Waals surface area contributed by atoms with Crippen molar-refractivity contribution >= 4 is 0 Å². The van der Waals surface area contributed by atoms with E-state index in [0.717, 1.165) is 38.8 Å². The van der Waals surface area contributed by atoms with Crippen LogP contribution in [0.3, 0.4) is 0 Å². The van der Waals surface area contributed by atoms with Gasteiger partial charge in [0.05, 0.1) is 6.10 Å². The highest BCUT2D eigenvalue weighted by molar-refractivity contribution is 4.60. The van der Waals surface area contributed by atoms with Crippen molar-refractivity contribution in [3.05, 3.63) is 0 Å². The lowest BCUT2D eigenvalue weighted by molar-refractivity contribution is -0.221. The first-order valence-corrected chi connectivity index (χ1v) is 7.10. The topological polar surface area (TPSA) is 32.7 Å². The second-order valence-electron chi connectivity index (χ2n) is 5.15. The molecule has 0 saturated heterocycles. The van der Waals surface area contributed by atoms with E-state index >= 15 is 0 Å². The third kappa shape index (κ3) is 7.74. The van der Waals surface area contributed by atoms with Crippen LogP contribution in [-0.2, 0) is 4.74 Å². The zero-order valence-corrected chi connectivity index (χ0v) is 12.3. The fraction of sp³-hybridized carbons (Fsp3) is 1.00. The quantitative estimate of drug-likeness (QED) is 0.600. The maximum Gasteiger partial charge on any atom is 0.216 e. The van der Waals surface area contributed by atoms with Crippen LogP contribution in [0.5, 0.6) is 0 Å². The van der Waals surface area contributed by atoms with Gasteiger partial charge in [-0.1, -0.05) is 40.5 Å². The fourth-order valence-electron chi connectivity index (χ4n) is 1.49. The average molecular weight is 245 g/mol. The number of aliphatic hydroxyl groups excluding tert-OH is 1. The Bertz CT molecular complexity index is 166. The van der Waals surface area contributed by atoms with Gasteiger partial charge in [0.2, 0.25) is 6.41 Å².